The zero-order valence-corrected chi connectivity index (χ0v) is 12.4. The molecule has 100 valence electrons. The van der Waals surface area contributed by atoms with E-state index in [-0.39, 0.29) is 6.61 Å². The smallest absolute Gasteiger partial charge is 0.0681 e. The van der Waals surface area contributed by atoms with Gasteiger partial charge in [0.15, 0.2) is 0 Å². The van der Waals surface area contributed by atoms with Gasteiger partial charge in [-0.3, -0.25) is 0 Å². The SMILES string of the molecule is Cc1cc(CO)ccc1N1CCSC(C)(C)CC1. The first kappa shape index (κ1) is 13.8. The van der Waals surface area contributed by atoms with Crippen molar-refractivity contribution in [2.24, 2.45) is 0 Å². The Balaban J connectivity index is 2.16. The number of hydrogen-bond donors (Lipinski definition) is 1. The van der Waals surface area contributed by atoms with Crippen LogP contribution in [0.5, 0.6) is 0 Å². The van der Waals surface area contributed by atoms with E-state index in [1.165, 1.54) is 23.4 Å². The van der Waals surface area contributed by atoms with Gasteiger partial charge in [0.25, 0.3) is 0 Å². The summed E-state index contributed by atoms with van der Waals surface area (Å²) in [5.41, 5.74) is 3.59. The molecule has 0 radical (unpaired) electrons. The van der Waals surface area contributed by atoms with Crippen LogP contribution in [0.4, 0.5) is 5.69 Å². The largest absolute Gasteiger partial charge is 0.392 e. The zero-order valence-electron chi connectivity index (χ0n) is 11.6. The summed E-state index contributed by atoms with van der Waals surface area (Å²) in [4.78, 5) is 2.48. The Hall–Kier alpha value is -0.670. The maximum Gasteiger partial charge on any atom is 0.0681 e. The van der Waals surface area contributed by atoms with E-state index >= 15 is 0 Å². The van der Waals surface area contributed by atoms with Crippen molar-refractivity contribution in [2.45, 2.75) is 38.5 Å². The highest BCUT2D eigenvalue weighted by atomic mass is 32.2. The number of nitrogens with zero attached hydrogens (tertiary/aromatic N) is 1. The minimum Gasteiger partial charge on any atom is -0.392 e. The molecule has 0 spiro atoms. The average Bonchev–Trinajstić information content (AvgIpc) is 2.50. The number of benzene rings is 1. The molecule has 1 saturated heterocycles. The standard InChI is InChI=1S/C15H23NOS/c1-12-10-13(11-17)4-5-14(12)16-7-6-15(2,3)18-9-8-16/h4-5,10,17H,6-9,11H2,1-3H3. The molecule has 1 aliphatic heterocycles. The molecule has 1 aromatic rings. The van der Waals surface area contributed by atoms with Crippen LogP contribution in [0.1, 0.15) is 31.4 Å². The lowest BCUT2D eigenvalue weighted by Crippen LogP contribution is -2.27. The lowest BCUT2D eigenvalue weighted by Gasteiger charge is -2.26. The molecule has 0 unspecified atom stereocenters. The molecule has 0 amide bonds. The predicted octanol–water partition coefficient (Wildman–Crippen LogP) is 3.21. The number of anilines is 1. The summed E-state index contributed by atoms with van der Waals surface area (Å²) in [6.45, 7) is 9.18. The number of aliphatic hydroxyl groups excluding tert-OH is 1. The van der Waals surface area contributed by atoms with E-state index in [0.717, 1.165) is 18.7 Å². The highest BCUT2D eigenvalue weighted by Crippen LogP contribution is 2.33. The van der Waals surface area contributed by atoms with Gasteiger partial charge in [-0.05, 0) is 30.5 Å². The average molecular weight is 265 g/mol. The van der Waals surface area contributed by atoms with Crippen LogP contribution in [0.25, 0.3) is 0 Å². The molecule has 0 atom stereocenters. The molecule has 3 heteroatoms. The lowest BCUT2D eigenvalue weighted by atomic mass is 10.1. The first-order chi connectivity index (χ1) is 8.52. The molecule has 1 aliphatic rings. The highest BCUT2D eigenvalue weighted by molar-refractivity contribution is 8.00. The Morgan fingerprint density at radius 2 is 2.11 bits per heavy atom. The number of hydrogen-bond acceptors (Lipinski definition) is 3. The predicted molar refractivity (Wildman–Crippen MR) is 80.5 cm³/mol. The molecule has 1 heterocycles. The van der Waals surface area contributed by atoms with Gasteiger partial charge in [0.2, 0.25) is 0 Å². The fraction of sp³-hybridized carbons (Fsp3) is 0.600. The van der Waals surface area contributed by atoms with Gasteiger partial charge in [-0.15, -0.1) is 0 Å². The molecular weight excluding hydrogens is 242 g/mol. The van der Waals surface area contributed by atoms with Crippen LogP contribution < -0.4 is 4.90 Å². The van der Waals surface area contributed by atoms with Crippen molar-refractivity contribution < 1.29 is 5.11 Å². The zero-order chi connectivity index (χ0) is 13.2. The molecule has 2 rings (SSSR count). The third kappa shape index (κ3) is 3.21. The van der Waals surface area contributed by atoms with Gasteiger partial charge in [-0.25, -0.2) is 0 Å². The summed E-state index contributed by atoms with van der Waals surface area (Å²) in [6, 6.07) is 6.29. The van der Waals surface area contributed by atoms with Gasteiger partial charge >= 0.3 is 0 Å². The molecule has 1 aromatic carbocycles. The Morgan fingerprint density at radius 1 is 1.33 bits per heavy atom. The van der Waals surface area contributed by atoms with Crippen LogP contribution in [0.3, 0.4) is 0 Å². The third-order valence-electron chi connectivity index (χ3n) is 3.62. The number of aliphatic hydroxyl groups is 1. The Morgan fingerprint density at radius 3 is 2.78 bits per heavy atom. The molecule has 0 aliphatic carbocycles. The maximum absolute atomic E-state index is 9.16. The van der Waals surface area contributed by atoms with Gasteiger partial charge in [0.1, 0.15) is 0 Å². The van der Waals surface area contributed by atoms with E-state index in [0.29, 0.717) is 4.75 Å². The second kappa shape index (κ2) is 5.54. The van der Waals surface area contributed by atoms with E-state index < -0.39 is 0 Å². The Labute approximate surface area is 114 Å². The summed E-state index contributed by atoms with van der Waals surface area (Å²) < 4.78 is 0.397. The summed E-state index contributed by atoms with van der Waals surface area (Å²) in [6.07, 6.45) is 1.22. The summed E-state index contributed by atoms with van der Waals surface area (Å²) in [5, 5.41) is 9.16. The number of aryl methyl sites for hydroxylation is 1. The topological polar surface area (TPSA) is 23.5 Å². The van der Waals surface area contributed by atoms with Crippen LogP contribution in [-0.4, -0.2) is 28.7 Å². The highest BCUT2D eigenvalue weighted by Gasteiger charge is 2.24. The third-order valence-corrected chi connectivity index (χ3v) is 4.99. The first-order valence-electron chi connectivity index (χ1n) is 6.61. The summed E-state index contributed by atoms with van der Waals surface area (Å²) in [7, 11) is 0. The number of thioether (sulfide) groups is 1. The molecule has 0 aromatic heterocycles. The number of rotatable bonds is 2. The van der Waals surface area contributed by atoms with E-state index in [9.17, 15) is 0 Å². The fourth-order valence-electron chi connectivity index (χ4n) is 2.43. The minimum absolute atomic E-state index is 0.129. The maximum atomic E-state index is 9.16. The van der Waals surface area contributed by atoms with Crippen molar-refractivity contribution in [2.75, 3.05) is 23.7 Å². The summed E-state index contributed by atoms with van der Waals surface area (Å²) in [5.74, 6) is 1.19. The second-order valence-electron chi connectivity index (χ2n) is 5.62. The summed E-state index contributed by atoms with van der Waals surface area (Å²) >= 11 is 2.07. The molecule has 1 fully saturated rings. The van der Waals surface area contributed by atoms with Gasteiger partial charge in [0, 0.05) is 29.3 Å². The fourth-order valence-corrected chi connectivity index (χ4v) is 3.53. The molecule has 2 nitrogen and oxygen atoms in total. The van der Waals surface area contributed by atoms with Crippen LogP contribution in [0, 0.1) is 6.92 Å². The van der Waals surface area contributed by atoms with Gasteiger partial charge < -0.3 is 10.0 Å². The van der Waals surface area contributed by atoms with Crippen molar-refractivity contribution in [1.82, 2.24) is 0 Å². The van der Waals surface area contributed by atoms with E-state index in [4.69, 9.17) is 5.11 Å². The molecular formula is C15H23NOS. The van der Waals surface area contributed by atoms with Crippen LogP contribution in [0.2, 0.25) is 0 Å². The molecule has 0 bridgehead atoms. The van der Waals surface area contributed by atoms with Crippen molar-refractivity contribution in [3.8, 4) is 0 Å². The van der Waals surface area contributed by atoms with Crippen molar-refractivity contribution in [3.05, 3.63) is 29.3 Å². The van der Waals surface area contributed by atoms with Gasteiger partial charge in [-0.1, -0.05) is 26.0 Å². The normalized spacial score (nSPS) is 19.7. The second-order valence-corrected chi connectivity index (χ2v) is 7.43. The van der Waals surface area contributed by atoms with Crippen molar-refractivity contribution in [1.29, 1.82) is 0 Å². The molecule has 18 heavy (non-hydrogen) atoms. The van der Waals surface area contributed by atoms with Gasteiger partial charge in [-0.2, -0.15) is 11.8 Å². The van der Waals surface area contributed by atoms with E-state index in [1.807, 2.05) is 6.07 Å². The first-order valence-corrected chi connectivity index (χ1v) is 7.60. The van der Waals surface area contributed by atoms with Gasteiger partial charge in [0.05, 0.1) is 6.61 Å². The molecule has 0 saturated carbocycles. The lowest BCUT2D eigenvalue weighted by molar-refractivity contribution is 0.282. The Kier molecular flexibility index (Phi) is 4.23. The van der Waals surface area contributed by atoms with E-state index in [2.05, 4.69) is 49.6 Å². The minimum atomic E-state index is 0.129. The van der Waals surface area contributed by atoms with Crippen LogP contribution in [0.15, 0.2) is 18.2 Å². The van der Waals surface area contributed by atoms with E-state index in [1.54, 1.807) is 0 Å². The van der Waals surface area contributed by atoms with Crippen molar-refractivity contribution in [3.63, 3.8) is 0 Å². The molecule has 1 N–H and O–H groups in total. The van der Waals surface area contributed by atoms with Crippen LogP contribution >= 0.6 is 11.8 Å². The van der Waals surface area contributed by atoms with Crippen LogP contribution in [-0.2, 0) is 6.61 Å². The van der Waals surface area contributed by atoms with Crippen molar-refractivity contribution >= 4 is 17.4 Å². The quantitative estimate of drug-likeness (QED) is 0.888. The monoisotopic (exact) mass is 265 g/mol. The Bertz CT molecular complexity index is 417.